The van der Waals surface area contributed by atoms with Crippen LogP contribution in [0.4, 0.5) is 5.82 Å². The molecule has 0 atom stereocenters. The summed E-state index contributed by atoms with van der Waals surface area (Å²) in [5, 5.41) is 9.23. The highest BCUT2D eigenvalue weighted by Gasteiger charge is 2.21. The van der Waals surface area contributed by atoms with Crippen LogP contribution in [0, 0.1) is 18.3 Å². The Morgan fingerprint density at radius 1 is 0.951 bits per heavy atom. The van der Waals surface area contributed by atoms with Crippen LogP contribution in [0.1, 0.15) is 40.4 Å². The molecule has 4 aromatic rings. The Balaban J connectivity index is 1.38. The molecule has 0 bridgehead atoms. The maximum absolute atomic E-state index is 12.5. The van der Waals surface area contributed by atoms with E-state index in [-0.39, 0.29) is 0 Å². The summed E-state index contributed by atoms with van der Waals surface area (Å²) in [6.45, 7) is 9.27. The van der Waals surface area contributed by atoms with Crippen molar-refractivity contribution in [3.63, 3.8) is 0 Å². The molecule has 1 fully saturated rings. The molecule has 0 aliphatic carbocycles. The fourth-order valence-electron chi connectivity index (χ4n) is 5.55. The van der Waals surface area contributed by atoms with E-state index in [1.165, 1.54) is 5.56 Å². The topological polar surface area (TPSA) is 95.5 Å². The molecule has 1 aliphatic heterocycles. The number of primary amides is 1. The number of carbonyl (C=O) groups is 1. The van der Waals surface area contributed by atoms with E-state index in [4.69, 9.17) is 15.5 Å². The summed E-state index contributed by atoms with van der Waals surface area (Å²) in [5.41, 5.74) is 12.5. The Bertz CT molecular complexity index is 1560. The summed E-state index contributed by atoms with van der Waals surface area (Å²) in [7, 11) is 0. The third-order valence-electron chi connectivity index (χ3n) is 7.60. The maximum atomic E-state index is 12.5. The molecule has 2 heterocycles. The first-order valence-electron chi connectivity index (χ1n) is 14.1. The van der Waals surface area contributed by atoms with Gasteiger partial charge in [0.25, 0.3) is 0 Å². The van der Waals surface area contributed by atoms with Crippen LogP contribution in [-0.4, -0.2) is 48.6 Å². The lowest BCUT2D eigenvalue weighted by Crippen LogP contribution is -2.31. The van der Waals surface area contributed by atoms with Gasteiger partial charge < -0.3 is 15.4 Å². The van der Waals surface area contributed by atoms with Gasteiger partial charge in [-0.3, -0.25) is 9.69 Å². The number of pyridine rings is 1. The SMILES string of the molecule is CCOc1ccccc1CN1CCCN(c2ccc(-c3c(C(N)=O)ccc(C)c3-c3ccc(C#N)cc3)cn2)CC1. The number of nitrogens with zero attached hydrogens (tertiary/aromatic N) is 4. The van der Waals surface area contributed by atoms with Crippen molar-refractivity contribution in [2.24, 2.45) is 5.73 Å². The fraction of sp³-hybridized carbons (Fsp3) is 0.265. The number of aryl methyl sites for hydroxylation is 1. The first-order chi connectivity index (χ1) is 20.0. The van der Waals surface area contributed by atoms with Crippen molar-refractivity contribution in [2.45, 2.75) is 26.8 Å². The Hall–Kier alpha value is -4.67. The van der Waals surface area contributed by atoms with Gasteiger partial charge in [-0.1, -0.05) is 36.4 Å². The van der Waals surface area contributed by atoms with Crippen LogP contribution in [0.2, 0.25) is 0 Å². The standard InChI is InChI=1S/C34H35N5O2/c1-3-41-30-8-5-4-7-28(30)23-38-17-6-18-39(20-19-38)31-16-14-27(22-37-31)33-29(34(36)40)15-9-24(2)32(33)26-12-10-25(21-35)11-13-26/h4-5,7-16,22H,3,6,17-20,23H2,1-2H3,(H2,36,40). The second-order valence-corrected chi connectivity index (χ2v) is 10.3. The van der Waals surface area contributed by atoms with Gasteiger partial charge in [0.2, 0.25) is 5.91 Å². The van der Waals surface area contributed by atoms with Gasteiger partial charge in [0, 0.05) is 61.2 Å². The molecule has 1 amide bonds. The number of anilines is 1. The third-order valence-corrected chi connectivity index (χ3v) is 7.60. The molecule has 5 rings (SSSR count). The maximum Gasteiger partial charge on any atom is 0.249 e. The molecule has 0 radical (unpaired) electrons. The lowest BCUT2D eigenvalue weighted by Gasteiger charge is -2.24. The zero-order valence-electron chi connectivity index (χ0n) is 23.6. The predicted octanol–water partition coefficient (Wildman–Crippen LogP) is 5.81. The van der Waals surface area contributed by atoms with E-state index in [0.717, 1.165) is 78.5 Å². The average Bonchev–Trinajstić information content (AvgIpc) is 3.24. The first kappa shape index (κ1) is 27.9. The quantitative estimate of drug-likeness (QED) is 0.300. The summed E-state index contributed by atoms with van der Waals surface area (Å²) in [6.07, 6.45) is 2.87. The van der Waals surface area contributed by atoms with Crippen molar-refractivity contribution in [1.82, 2.24) is 9.88 Å². The number of amides is 1. The highest BCUT2D eigenvalue weighted by atomic mass is 16.5. The largest absolute Gasteiger partial charge is 0.494 e. The number of ether oxygens (including phenoxy) is 1. The molecule has 1 aromatic heterocycles. The number of hydrogen-bond donors (Lipinski definition) is 1. The third kappa shape index (κ3) is 6.24. The minimum absolute atomic E-state index is 0.447. The number of rotatable bonds is 8. The molecule has 2 N–H and O–H groups in total. The summed E-state index contributed by atoms with van der Waals surface area (Å²) < 4.78 is 5.84. The Morgan fingerprint density at radius 2 is 1.73 bits per heavy atom. The molecule has 0 spiro atoms. The van der Waals surface area contributed by atoms with Gasteiger partial charge in [-0.05, 0) is 73.4 Å². The van der Waals surface area contributed by atoms with Gasteiger partial charge >= 0.3 is 0 Å². The summed E-state index contributed by atoms with van der Waals surface area (Å²) in [4.78, 5) is 22.2. The molecule has 7 heteroatoms. The molecular formula is C34H35N5O2. The van der Waals surface area contributed by atoms with E-state index in [1.54, 1.807) is 18.2 Å². The molecule has 1 saturated heterocycles. The molecule has 7 nitrogen and oxygen atoms in total. The molecule has 1 aliphatic rings. The number of nitriles is 1. The Morgan fingerprint density at radius 3 is 2.44 bits per heavy atom. The van der Waals surface area contributed by atoms with Gasteiger partial charge in [-0.25, -0.2) is 4.98 Å². The van der Waals surface area contributed by atoms with Crippen molar-refractivity contribution in [1.29, 1.82) is 5.26 Å². The van der Waals surface area contributed by atoms with E-state index in [0.29, 0.717) is 17.7 Å². The van der Waals surface area contributed by atoms with E-state index >= 15 is 0 Å². The molecule has 0 saturated carbocycles. The second-order valence-electron chi connectivity index (χ2n) is 10.3. The highest BCUT2D eigenvalue weighted by Crippen LogP contribution is 2.38. The van der Waals surface area contributed by atoms with Crippen LogP contribution in [0.25, 0.3) is 22.3 Å². The molecule has 41 heavy (non-hydrogen) atoms. The lowest BCUT2D eigenvalue weighted by molar-refractivity contribution is 0.100. The molecular weight excluding hydrogens is 510 g/mol. The monoisotopic (exact) mass is 545 g/mol. The number of benzene rings is 3. The summed E-state index contributed by atoms with van der Waals surface area (Å²) in [6, 6.07) is 25.6. The number of nitrogens with two attached hydrogens (primary N) is 1. The van der Waals surface area contributed by atoms with Crippen LogP contribution in [0.15, 0.2) is 79.0 Å². The van der Waals surface area contributed by atoms with Crippen LogP contribution >= 0.6 is 0 Å². The van der Waals surface area contributed by atoms with Gasteiger partial charge in [-0.15, -0.1) is 0 Å². The van der Waals surface area contributed by atoms with E-state index < -0.39 is 5.91 Å². The number of hydrogen-bond acceptors (Lipinski definition) is 6. The van der Waals surface area contributed by atoms with E-state index in [2.05, 4.69) is 28.0 Å². The van der Waals surface area contributed by atoms with Crippen LogP contribution in [-0.2, 0) is 6.54 Å². The Kier molecular flexibility index (Phi) is 8.61. The van der Waals surface area contributed by atoms with Gasteiger partial charge in [0.1, 0.15) is 11.6 Å². The highest BCUT2D eigenvalue weighted by molar-refractivity contribution is 6.04. The fourth-order valence-corrected chi connectivity index (χ4v) is 5.55. The number of para-hydroxylation sites is 1. The van der Waals surface area contributed by atoms with E-state index in [1.807, 2.05) is 62.5 Å². The lowest BCUT2D eigenvalue weighted by atomic mass is 9.87. The zero-order valence-corrected chi connectivity index (χ0v) is 23.6. The Labute approximate surface area is 241 Å². The van der Waals surface area contributed by atoms with Gasteiger partial charge in [0.05, 0.1) is 18.2 Å². The second kappa shape index (κ2) is 12.7. The van der Waals surface area contributed by atoms with Crippen LogP contribution in [0.5, 0.6) is 5.75 Å². The van der Waals surface area contributed by atoms with E-state index in [9.17, 15) is 10.1 Å². The van der Waals surface area contributed by atoms with Crippen LogP contribution < -0.4 is 15.4 Å². The number of aromatic nitrogens is 1. The van der Waals surface area contributed by atoms with Crippen molar-refractivity contribution >= 4 is 11.7 Å². The predicted molar refractivity (Wildman–Crippen MR) is 163 cm³/mol. The zero-order chi connectivity index (χ0) is 28.8. The molecule has 3 aromatic carbocycles. The minimum atomic E-state index is -0.488. The smallest absolute Gasteiger partial charge is 0.249 e. The molecule has 208 valence electrons. The van der Waals surface area contributed by atoms with Gasteiger partial charge in [-0.2, -0.15) is 5.26 Å². The van der Waals surface area contributed by atoms with Gasteiger partial charge in [0.15, 0.2) is 0 Å². The molecule has 0 unspecified atom stereocenters. The van der Waals surface area contributed by atoms with Crippen molar-refractivity contribution in [2.75, 3.05) is 37.7 Å². The van der Waals surface area contributed by atoms with Crippen LogP contribution in [0.3, 0.4) is 0 Å². The number of carbonyl (C=O) groups excluding carboxylic acids is 1. The van der Waals surface area contributed by atoms with Crippen molar-refractivity contribution in [3.8, 4) is 34.1 Å². The first-order valence-corrected chi connectivity index (χ1v) is 14.1. The summed E-state index contributed by atoms with van der Waals surface area (Å²) in [5.74, 6) is 1.39. The summed E-state index contributed by atoms with van der Waals surface area (Å²) >= 11 is 0. The minimum Gasteiger partial charge on any atom is -0.494 e. The average molecular weight is 546 g/mol. The van der Waals surface area contributed by atoms with Crippen molar-refractivity contribution < 1.29 is 9.53 Å². The van der Waals surface area contributed by atoms with Crippen molar-refractivity contribution in [3.05, 3.63) is 101 Å². The normalized spacial score (nSPS) is 13.8.